The lowest BCUT2D eigenvalue weighted by Crippen LogP contribution is -2.31. The van der Waals surface area contributed by atoms with E-state index in [4.69, 9.17) is 18.0 Å². The summed E-state index contributed by atoms with van der Waals surface area (Å²) in [6.45, 7) is 3.95. The van der Waals surface area contributed by atoms with E-state index < -0.39 is 6.10 Å². The van der Waals surface area contributed by atoms with Gasteiger partial charge in [-0.2, -0.15) is 0 Å². The Morgan fingerprint density at radius 1 is 1.42 bits per heavy atom. The van der Waals surface area contributed by atoms with Crippen molar-refractivity contribution in [1.82, 2.24) is 4.90 Å². The molecule has 3 nitrogen and oxygen atoms in total. The van der Waals surface area contributed by atoms with Gasteiger partial charge in [0, 0.05) is 18.2 Å². The van der Waals surface area contributed by atoms with Gasteiger partial charge < -0.3 is 10.8 Å². The molecule has 1 aliphatic rings. The maximum atomic E-state index is 10.3. The summed E-state index contributed by atoms with van der Waals surface area (Å²) >= 11 is 4.92. The first-order chi connectivity index (χ1) is 9.11. The molecule has 0 aliphatic heterocycles. The van der Waals surface area contributed by atoms with Crippen LogP contribution in [0.2, 0.25) is 0 Å². The van der Waals surface area contributed by atoms with Crippen molar-refractivity contribution < 1.29 is 5.11 Å². The van der Waals surface area contributed by atoms with E-state index in [0.717, 1.165) is 24.1 Å². The van der Waals surface area contributed by atoms with Crippen LogP contribution in [0.1, 0.15) is 43.4 Å². The van der Waals surface area contributed by atoms with Gasteiger partial charge in [-0.25, -0.2) is 0 Å². The number of nitrogens with two attached hydrogens (primary N) is 1. The molecule has 1 aromatic rings. The Kier molecular flexibility index (Phi) is 4.91. The fraction of sp³-hybridized carbons (Fsp3) is 0.533. The molecule has 0 amide bonds. The number of aliphatic hydroxyl groups excluding tert-OH is 1. The topological polar surface area (TPSA) is 49.5 Å². The van der Waals surface area contributed by atoms with Crippen LogP contribution in [0.25, 0.3) is 0 Å². The highest BCUT2D eigenvalue weighted by atomic mass is 32.1. The van der Waals surface area contributed by atoms with Crippen molar-refractivity contribution in [3.63, 3.8) is 0 Å². The van der Waals surface area contributed by atoms with Crippen LogP contribution in [-0.2, 0) is 0 Å². The minimum Gasteiger partial charge on any atom is -0.389 e. The minimum absolute atomic E-state index is 0.395. The van der Waals surface area contributed by atoms with Crippen LogP contribution in [0.5, 0.6) is 0 Å². The van der Waals surface area contributed by atoms with Crippen molar-refractivity contribution in [1.29, 1.82) is 0 Å². The second-order valence-corrected chi connectivity index (χ2v) is 5.67. The SMILES string of the molecule is CCCN(CC(O)c1ccc(C(N)=S)cc1)C1CC1. The van der Waals surface area contributed by atoms with E-state index in [1.165, 1.54) is 12.8 Å². The number of rotatable bonds is 7. The van der Waals surface area contributed by atoms with Crippen molar-refractivity contribution in [2.75, 3.05) is 13.1 Å². The maximum absolute atomic E-state index is 10.3. The van der Waals surface area contributed by atoms with E-state index in [0.29, 0.717) is 17.6 Å². The van der Waals surface area contributed by atoms with Gasteiger partial charge >= 0.3 is 0 Å². The molecule has 2 rings (SSSR count). The predicted octanol–water partition coefficient (Wildman–Crippen LogP) is 2.23. The zero-order chi connectivity index (χ0) is 13.8. The fourth-order valence-corrected chi connectivity index (χ4v) is 2.48. The number of hydrogen-bond donors (Lipinski definition) is 2. The van der Waals surface area contributed by atoms with Crippen molar-refractivity contribution >= 4 is 17.2 Å². The third kappa shape index (κ3) is 4.00. The standard InChI is InChI=1S/C15H22N2OS/c1-2-9-17(13-7-8-13)10-14(18)11-3-5-12(6-4-11)15(16)19/h3-6,13-14,18H,2,7-10H2,1H3,(H2,16,19). The Bertz CT molecular complexity index is 428. The second-order valence-electron chi connectivity index (χ2n) is 5.23. The lowest BCUT2D eigenvalue weighted by Gasteiger charge is -2.24. The number of benzene rings is 1. The average molecular weight is 278 g/mol. The van der Waals surface area contributed by atoms with Crippen LogP contribution in [0.15, 0.2) is 24.3 Å². The van der Waals surface area contributed by atoms with Crippen LogP contribution in [0.4, 0.5) is 0 Å². The van der Waals surface area contributed by atoms with Crippen LogP contribution in [0.3, 0.4) is 0 Å². The third-order valence-electron chi connectivity index (χ3n) is 3.56. The van der Waals surface area contributed by atoms with Gasteiger partial charge in [0.25, 0.3) is 0 Å². The zero-order valence-electron chi connectivity index (χ0n) is 11.4. The lowest BCUT2D eigenvalue weighted by molar-refractivity contribution is 0.108. The largest absolute Gasteiger partial charge is 0.389 e. The summed E-state index contributed by atoms with van der Waals surface area (Å²) in [6, 6.07) is 8.27. The van der Waals surface area contributed by atoms with Crippen LogP contribution in [0, 0.1) is 0 Å². The third-order valence-corrected chi connectivity index (χ3v) is 3.80. The first-order valence-electron chi connectivity index (χ1n) is 6.93. The minimum atomic E-state index is -0.437. The Labute approximate surface area is 120 Å². The van der Waals surface area contributed by atoms with Gasteiger partial charge in [0.2, 0.25) is 0 Å². The van der Waals surface area contributed by atoms with E-state index in [1.54, 1.807) is 0 Å². The molecule has 0 saturated heterocycles. The normalized spacial score (nSPS) is 16.6. The lowest BCUT2D eigenvalue weighted by atomic mass is 10.1. The molecule has 1 atom stereocenters. The molecule has 19 heavy (non-hydrogen) atoms. The Morgan fingerprint density at radius 2 is 2.05 bits per heavy atom. The van der Waals surface area contributed by atoms with Gasteiger partial charge in [-0.15, -0.1) is 0 Å². The molecule has 0 aromatic heterocycles. The molecule has 0 heterocycles. The van der Waals surface area contributed by atoms with Crippen molar-refractivity contribution in [2.45, 2.75) is 38.3 Å². The van der Waals surface area contributed by atoms with Gasteiger partial charge in [0.05, 0.1) is 6.10 Å². The number of aliphatic hydroxyl groups is 1. The Hall–Kier alpha value is -0.970. The Morgan fingerprint density at radius 3 is 2.53 bits per heavy atom. The molecule has 1 unspecified atom stereocenters. The highest BCUT2D eigenvalue weighted by molar-refractivity contribution is 7.80. The highest BCUT2D eigenvalue weighted by Crippen LogP contribution is 2.29. The van der Waals surface area contributed by atoms with Crippen LogP contribution >= 0.6 is 12.2 Å². The quantitative estimate of drug-likeness (QED) is 0.751. The number of thiocarbonyl (C=S) groups is 1. The molecular formula is C15H22N2OS. The summed E-state index contributed by atoms with van der Waals surface area (Å²) in [4.78, 5) is 2.79. The summed E-state index contributed by atoms with van der Waals surface area (Å²) in [5.74, 6) is 0. The molecule has 0 bridgehead atoms. The molecule has 0 spiro atoms. The average Bonchev–Trinajstić information content (AvgIpc) is 3.22. The summed E-state index contributed by atoms with van der Waals surface area (Å²) in [5, 5.41) is 10.3. The van der Waals surface area contributed by atoms with Crippen molar-refractivity contribution in [3.8, 4) is 0 Å². The second kappa shape index (κ2) is 6.46. The number of hydrogen-bond acceptors (Lipinski definition) is 3. The van der Waals surface area contributed by atoms with Gasteiger partial charge in [-0.05, 0) is 31.4 Å². The van der Waals surface area contributed by atoms with Gasteiger partial charge in [-0.3, -0.25) is 4.90 Å². The summed E-state index contributed by atoms with van der Waals surface area (Å²) in [7, 11) is 0. The van der Waals surface area contributed by atoms with Crippen LogP contribution in [-0.4, -0.2) is 34.1 Å². The Balaban J connectivity index is 1.97. The predicted molar refractivity (Wildman–Crippen MR) is 82.2 cm³/mol. The summed E-state index contributed by atoms with van der Waals surface area (Å²) < 4.78 is 0. The molecule has 4 heteroatoms. The van der Waals surface area contributed by atoms with E-state index >= 15 is 0 Å². The molecule has 3 N–H and O–H groups in total. The molecule has 1 aliphatic carbocycles. The first-order valence-corrected chi connectivity index (χ1v) is 7.34. The molecule has 104 valence electrons. The molecular weight excluding hydrogens is 256 g/mol. The van der Waals surface area contributed by atoms with Crippen molar-refractivity contribution in [3.05, 3.63) is 35.4 Å². The fourth-order valence-electron chi connectivity index (χ4n) is 2.35. The summed E-state index contributed by atoms with van der Waals surface area (Å²) in [6.07, 6.45) is 3.23. The summed E-state index contributed by atoms with van der Waals surface area (Å²) in [5.41, 5.74) is 7.35. The number of nitrogens with zero attached hydrogens (tertiary/aromatic N) is 1. The smallest absolute Gasteiger partial charge is 0.103 e. The highest BCUT2D eigenvalue weighted by Gasteiger charge is 2.29. The van der Waals surface area contributed by atoms with Gasteiger partial charge in [0.15, 0.2) is 0 Å². The maximum Gasteiger partial charge on any atom is 0.103 e. The molecule has 0 radical (unpaired) electrons. The molecule has 1 aromatic carbocycles. The van der Waals surface area contributed by atoms with Crippen LogP contribution < -0.4 is 5.73 Å². The van der Waals surface area contributed by atoms with E-state index in [2.05, 4.69) is 11.8 Å². The van der Waals surface area contributed by atoms with Gasteiger partial charge in [0.1, 0.15) is 4.99 Å². The van der Waals surface area contributed by atoms with E-state index in [-0.39, 0.29) is 0 Å². The van der Waals surface area contributed by atoms with E-state index in [1.807, 2.05) is 24.3 Å². The zero-order valence-corrected chi connectivity index (χ0v) is 12.2. The van der Waals surface area contributed by atoms with Gasteiger partial charge in [-0.1, -0.05) is 43.4 Å². The van der Waals surface area contributed by atoms with Crippen molar-refractivity contribution in [2.24, 2.45) is 5.73 Å². The van der Waals surface area contributed by atoms with E-state index in [9.17, 15) is 5.11 Å². The molecule has 1 saturated carbocycles. The monoisotopic (exact) mass is 278 g/mol. The molecule has 1 fully saturated rings. The first kappa shape index (κ1) is 14.4.